The van der Waals surface area contributed by atoms with Crippen molar-refractivity contribution in [2.24, 2.45) is 0 Å². The van der Waals surface area contributed by atoms with Gasteiger partial charge in [-0.05, 0) is 51.3 Å². The molecule has 2 heterocycles. The molecule has 1 fully saturated rings. The van der Waals surface area contributed by atoms with E-state index in [2.05, 4.69) is 4.98 Å². The van der Waals surface area contributed by atoms with Gasteiger partial charge in [-0.3, -0.25) is 14.7 Å². The Morgan fingerprint density at radius 3 is 2.81 bits per heavy atom. The van der Waals surface area contributed by atoms with E-state index in [-0.39, 0.29) is 11.5 Å². The summed E-state index contributed by atoms with van der Waals surface area (Å²) in [4.78, 5) is 17.6. The smallest absolute Gasteiger partial charge is 0.321 e. The Labute approximate surface area is 125 Å². The number of carbonyl (C=O) groups is 1. The topological polar surface area (TPSA) is 62.7 Å². The number of ether oxygens (including phenoxy) is 1. The summed E-state index contributed by atoms with van der Waals surface area (Å²) in [5.41, 5.74) is 2.03. The van der Waals surface area contributed by atoms with E-state index < -0.39 is 12.0 Å². The average Bonchev–Trinajstić information content (AvgIpc) is 2.80. The van der Waals surface area contributed by atoms with Crippen LogP contribution in [0.15, 0.2) is 18.5 Å². The number of hydrogen-bond acceptors (Lipinski definition) is 4. The first-order valence-electron chi connectivity index (χ1n) is 7.29. The van der Waals surface area contributed by atoms with Gasteiger partial charge in [-0.2, -0.15) is 0 Å². The van der Waals surface area contributed by atoms with Crippen molar-refractivity contribution >= 4 is 5.97 Å². The maximum absolute atomic E-state index is 11.5. The van der Waals surface area contributed by atoms with Crippen LogP contribution in [-0.2, 0) is 9.53 Å². The Morgan fingerprint density at radius 1 is 1.52 bits per heavy atom. The predicted octanol–water partition coefficient (Wildman–Crippen LogP) is 2.41. The lowest BCUT2D eigenvalue weighted by molar-refractivity contribution is -0.146. The van der Waals surface area contributed by atoms with Crippen LogP contribution in [-0.4, -0.2) is 45.9 Å². The summed E-state index contributed by atoms with van der Waals surface area (Å²) in [6.07, 6.45) is 4.23. The average molecular weight is 292 g/mol. The number of pyridine rings is 1. The minimum Gasteiger partial charge on any atom is -0.480 e. The highest BCUT2D eigenvalue weighted by Crippen LogP contribution is 2.33. The van der Waals surface area contributed by atoms with Gasteiger partial charge in [0.25, 0.3) is 0 Å². The summed E-state index contributed by atoms with van der Waals surface area (Å²) in [6, 6.07) is 1.48. The molecule has 1 aromatic heterocycles. The van der Waals surface area contributed by atoms with Gasteiger partial charge in [0.1, 0.15) is 12.8 Å². The normalized spacial score (nSPS) is 23.4. The highest BCUT2D eigenvalue weighted by atomic mass is 16.5. The second kappa shape index (κ2) is 6.12. The van der Waals surface area contributed by atoms with Crippen molar-refractivity contribution in [1.82, 2.24) is 9.88 Å². The van der Waals surface area contributed by atoms with Gasteiger partial charge in [0.05, 0.1) is 5.60 Å². The van der Waals surface area contributed by atoms with Gasteiger partial charge in [-0.25, -0.2) is 0 Å². The summed E-state index contributed by atoms with van der Waals surface area (Å²) < 4.78 is 5.76. The summed E-state index contributed by atoms with van der Waals surface area (Å²) in [5, 5.41) is 9.43. The SMILES string of the molecule is Cc1ccncc1C1C[C@H](C(=O)O)N(COC(C)(C)C)C1. The first kappa shape index (κ1) is 15.9. The molecule has 5 heteroatoms. The fraction of sp³-hybridized carbons (Fsp3) is 0.625. The number of aliphatic carboxylic acids is 1. The van der Waals surface area contributed by atoms with Crippen molar-refractivity contribution in [1.29, 1.82) is 0 Å². The minimum atomic E-state index is -0.781. The lowest BCUT2D eigenvalue weighted by atomic mass is 9.94. The molecule has 1 aliphatic heterocycles. The molecule has 0 bridgehead atoms. The fourth-order valence-electron chi connectivity index (χ4n) is 2.71. The largest absolute Gasteiger partial charge is 0.480 e. The van der Waals surface area contributed by atoms with Gasteiger partial charge in [0, 0.05) is 24.9 Å². The Balaban J connectivity index is 2.12. The number of rotatable bonds is 4. The van der Waals surface area contributed by atoms with Crippen LogP contribution in [0.5, 0.6) is 0 Å². The third-order valence-electron chi connectivity index (χ3n) is 3.87. The molecule has 0 spiro atoms. The molecule has 2 atom stereocenters. The molecular formula is C16H24N2O3. The number of nitrogens with zero attached hydrogens (tertiary/aromatic N) is 2. The molecule has 1 aromatic rings. The Hall–Kier alpha value is -1.46. The minimum absolute atomic E-state index is 0.198. The third-order valence-corrected chi connectivity index (χ3v) is 3.87. The fourth-order valence-corrected chi connectivity index (χ4v) is 2.71. The highest BCUT2D eigenvalue weighted by molar-refractivity contribution is 5.74. The standard InChI is InChI=1S/C16H24N2O3/c1-11-5-6-17-8-13(11)12-7-14(15(19)20)18(9-12)10-21-16(2,3)4/h5-6,8,12,14H,7,9-10H2,1-4H3,(H,19,20)/t12?,14-/m1/s1. The van der Waals surface area contributed by atoms with Crippen LogP contribution in [0.25, 0.3) is 0 Å². The van der Waals surface area contributed by atoms with Crippen LogP contribution >= 0.6 is 0 Å². The molecule has 0 radical (unpaired) electrons. The second-order valence-electron chi connectivity index (χ2n) is 6.68. The van der Waals surface area contributed by atoms with Crippen LogP contribution in [0.2, 0.25) is 0 Å². The molecule has 5 nitrogen and oxygen atoms in total. The number of carboxylic acids is 1. The highest BCUT2D eigenvalue weighted by Gasteiger charge is 2.38. The van der Waals surface area contributed by atoms with Gasteiger partial charge in [0.2, 0.25) is 0 Å². The van der Waals surface area contributed by atoms with E-state index in [0.29, 0.717) is 19.7 Å². The van der Waals surface area contributed by atoms with Crippen molar-refractivity contribution in [3.8, 4) is 0 Å². The van der Waals surface area contributed by atoms with Gasteiger partial charge in [0.15, 0.2) is 0 Å². The van der Waals surface area contributed by atoms with E-state index in [1.807, 2.05) is 44.9 Å². The van der Waals surface area contributed by atoms with E-state index in [4.69, 9.17) is 4.74 Å². The summed E-state index contributed by atoms with van der Waals surface area (Å²) in [7, 11) is 0. The molecule has 2 rings (SSSR count). The maximum Gasteiger partial charge on any atom is 0.321 e. The molecule has 1 N–H and O–H groups in total. The van der Waals surface area contributed by atoms with E-state index in [9.17, 15) is 9.90 Å². The Kier molecular flexibility index (Phi) is 4.64. The Morgan fingerprint density at radius 2 is 2.24 bits per heavy atom. The van der Waals surface area contributed by atoms with Gasteiger partial charge in [-0.1, -0.05) is 0 Å². The first-order valence-corrected chi connectivity index (χ1v) is 7.29. The molecule has 0 aromatic carbocycles. The molecule has 21 heavy (non-hydrogen) atoms. The van der Waals surface area contributed by atoms with Crippen LogP contribution in [0.3, 0.4) is 0 Å². The maximum atomic E-state index is 11.5. The zero-order chi connectivity index (χ0) is 15.6. The van der Waals surface area contributed by atoms with Crippen molar-refractivity contribution in [3.05, 3.63) is 29.6 Å². The predicted molar refractivity (Wildman–Crippen MR) is 80.2 cm³/mol. The van der Waals surface area contributed by atoms with Gasteiger partial charge >= 0.3 is 5.97 Å². The van der Waals surface area contributed by atoms with E-state index in [0.717, 1.165) is 11.1 Å². The van der Waals surface area contributed by atoms with Crippen molar-refractivity contribution in [3.63, 3.8) is 0 Å². The van der Waals surface area contributed by atoms with Crippen molar-refractivity contribution in [2.75, 3.05) is 13.3 Å². The van der Waals surface area contributed by atoms with E-state index in [1.54, 1.807) is 6.20 Å². The molecular weight excluding hydrogens is 268 g/mol. The number of likely N-dealkylation sites (tertiary alicyclic amines) is 1. The van der Waals surface area contributed by atoms with Gasteiger partial charge in [-0.15, -0.1) is 0 Å². The van der Waals surface area contributed by atoms with E-state index in [1.165, 1.54) is 0 Å². The lowest BCUT2D eigenvalue weighted by Gasteiger charge is -2.27. The molecule has 0 amide bonds. The summed E-state index contributed by atoms with van der Waals surface area (Å²) >= 11 is 0. The zero-order valence-electron chi connectivity index (χ0n) is 13.2. The van der Waals surface area contributed by atoms with E-state index >= 15 is 0 Å². The van der Waals surface area contributed by atoms with Crippen LogP contribution in [0.4, 0.5) is 0 Å². The second-order valence-corrected chi connectivity index (χ2v) is 6.68. The first-order chi connectivity index (χ1) is 9.78. The lowest BCUT2D eigenvalue weighted by Crippen LogP contribution is -2.39. The van der Waals surface area contributed by atoms with Crippen molar-refractivity contribution < 1.29 is 14.6 Å². The number of carboxylic acid groups (broad SMARTS) is 1. The molecule has 1 unspecified atom stereocenters. The van der Waals surface area contributed by atoms with Crippen molar-refractivity contribution in [2.45, 2.75) is 51.7 Å². The quantitative estimate of drug-likeness (QED) is 0.923. The molecule has 0 saturated carbocycles. The summed E-state index contributed by atoms with van der Waals surface area (Å²) in [6.45, 7) is 9.00. The van der Waals surface area contributed by atoms with Crippen LogP contribution < -0.4 is 0 Å². The van der Waals surface area contributed by atoms with Crippen LogP contribution in [0, 0.1) is 6.92 Å². The molecule has 1 saturated heterocycles. The third kappa shape index (κ3) is 4.02. The Bertz CT molecular complexity index is 510. The molecule has 116 valence electrons. The number of aromatic nitrogens is 1. The molecule has 0 aliphatic carbocycles. The van der Waals surface area contributed by atoms with Gasteiger partial charge < -0.3 is 9.84 Å². The molecule has 1 aliphatic rings. The number of aryl methyl sites for hydroxylation is 1. The van der Waals surface area contributed by atoms with Crippen LogP contribution in [0.1, 0.15) is 44.2 Å². The summed E-state index contributed by atoms with van der Waals surface area (Å²) in [5.74, 6) is -0.583. The number of hydrogen-bond donors (Lipinski definition) is 1. The zero-order valence-corrected chi connectivity index (χ0v) is 13.2. The monoisotopic (exact) mass is 292 g/mol.